The summed E-state index contributed by atoms with van der Waals surface area (Å²) in [6.07, 6.45) is -0.350. The average molecular weight is 339 g/mol. The minimum Gasteiger partial charge on any atom is -0.354 e. The van der Waals surface area contributed by atoms with Crippen LogP contribution in [0, 0.1) is 5.82 Å². The second-order valence-electron chi connectivity index (χ2n) is 5.68. The van der Waals surface area contributed by atoms with Gasteiger partial charge in [0, 0.05) is 32.0 Å². The summed E-state index contributed by atoms with van der Waals surface area (Å²) in [5.41, 5.74) is 0.222. The highest BCUT2D eigenvalue weighted by Gasteiger charge is 2.33. The fraction of sp³-hybridized carbons (Fsp3) is 0.375. The molecule has 24 heavy (non-hydrogen) atoms. The normalized spacial score (nSPS) is 17.4. The van der Waals surface area contributed by atoms with Crippen LogP contribution in [0.25, 0.3) is 11.3 Å². The summed E-state index contributed by atoms with van der Waals surface area (Å²) in [6, 6.07) is 6.87. The number of urea groups is 1. The Balaban J connectivity index is 1.66. The van der Waals surface area contributed by atoms with Gasteiger partial charge in [-0.05, 0) is 18.6 Å². The van der Waals surface area contributed by atoms with E-state index in [4.69, 9.17) is 4.52 Å². The second kappa shape index (κ2) is 6.54. The van der Waals surface area contributed by atoms with E-state index < -0.39 is 17.8 Å². The number of aromatic nitrogens is 1. The molecule has 1 aliphatic rings. The first kappa shape index (κ1) is 16.4. The number of alkyl halides is 2. The number of carbonyl (C=O) groups is 1. The van der Waals surface area contributed by atoms with Gasteiger partial charge in [-0.2, -0.15) is 0 Å². The fourth-order valence-electron chi connectivity index (χ4n) is 2.58. The zero-order valence-corrected chi connectivity index (χ0v) is 12.8. The van der Waals surface area contributed by atoms with Crippen LogP contribution in [-0.2, 0) is 0 Å². The number of rotatable bonds is 2. The lowest BCUT2D eigenvalue weighted by molar-refractivity contribution is -0.0121. The molecular weight excluding hydrogens is 323 g/mol. The van der Waals surface area contributed by atoms with Crippen LogP contribution in [0.3, 0.4) is 0 Å². The van der Waals surface area contributed by atoms with E-state index in [2.05, 4.69) is 10.5 Å². The standard InChI is InChI=1S/C16H16F3N3O2/c17-12-5-2-1-4-11(12)13-10-14(21-24-13)20-15(23)22-8-3-6-16(18,19)7-9-22/h1-2,4-5,10H,3,6-9H2,(H,20,21,23). The summed E-state index contributed by atoms with van der Waals surface area (Å²) >= 11 is 0. The average Bonchev–Trinajstić information content (AvgIpc) is 2.90. The second-order valence-corrected chi connectivity index (χ2v) is 5.68. The molecule has 1 fully saturated rings. The summed E-state index contributed by atoms with van der Waals surface area (Å²) < 4.78 is 45.4. The van der Waals surface area contributed by atoms with Crippen LogP contribution in [0.1, 0.15) is 19.3 Å². The van der Waals surface area contributed by atoms with Crippen LogP contribution >= 0.6 is 0 Å². The topological polar surface area (TPSA) is 58.4 Å². The molecule has 2 amide bonds. The molecule has 128 valence electrons. The van der Waals surface area contributed by atoms with E-state index in [1.54, 1.807) is 12.1 Å². The molecule has 0 spiro atoms. The Hall–Kier alpha value is -2.51. The molecule has 0 saturated carbocycles. The molecule has 1 aromatic carbocycles. The molecule has 2 heterocycles. The molecule has 0 radical (unpaired) electrons. The first-order valence-corrected chi connectivity index (χ1v) is 7.60. The van der Waals surface area contributed by atoms with Crippen molar-refractivity contribution in [2.45, 2.75) is 25.2 Å². The number of hydrogen-bond acceptors (Lipinski definition) is 3. The quantitative estimate of drug-likeness (QED) is 0.895. The van der Waals surface area contributed by atoms with Crippen molar-refractivity contribution in [1.29, 1.82) is 0 Å². The lowest BCUT2D eigenvalue weighted by Gasteiger charge is -2.20. The zero-order chi connectivity index (χ0) is 17.2. The van der Waals surface area contributed by atoms with E-state index in [1.807, 2.05) is 0 Å². The predicted molar refractivity (Wildman–Crippen MR) is 81.3 cm³/mol. The third kappa shape index (κ3) is 3.69. The molecule has 0 atom stereocenters. The summed E-state index contributed by atoms with van der Waals surface area (Å²) in [6.45, 7) is 0.219. The van der Waals surface area contributed by atoms with Gasteiger partial charge in [0.05, 0.1) is 5.56 Å². The van der Waals surface area contributed by atoms with Crippen molar-refractivity contribution >= 4 is 11.8 Å². The molecule has 5 nitrogen and oxygen atoms in total. The maximum absolute atomic E-state index is 13.7. The number of hydrogen-bond donors (Lipinski definition) is 1. The number of halogens is 3. The van der Waals surface area contributed by atoms with Gasteiger partial charge in [-0.25, -0.2) is 18.0 Å². The van der Waals surface area contributed by atoms with E-state index in [0.717, 1.165) is 0 Å². The molecule has 0 bridgehead atoms. The number of nitrogens with one attached hydrogen (secondary N) is 1. The van der Waals surface area contributed by atoms with Crippen molar-refractivity contribution < 1.29 is 22.5 Å². The third-order valence-electron chi connectivity index (χ3n) is 3.89. The summed E-state index contributed by atoms with van der Waals surface area (Å²) in [4.78, 5) is 13.5. The minimum atomic E-state index is -2.74. The van der Waals surface area contributed by atoms with Gasteiger partial charge in [-0.15, -0.1) is 0 Å². The molecular formula is C16H16F3N3O2. The summed E-state index contributed by atoms with van der Waals surface area (Å²) in [7, 11) is 0. The van der Waals surface area contributed by atoms with E-state index in [9.17, 15) is 18.0 Å². The van der Waals surface area contributed by atoms with Gasteiger partial charge < -0.3 is 9.42 Å². The predicted octanol–water partition coefficient (Wildman–Crippen LogP) is 4.13. The van der Waals surface area contributed by atoms with Crippen molar-refractivity contribution in [2.75, 3.05) is 18.4 Å². The molecule has 1 saturated heterocycles. The molecule has 1 aromatic heterocycles. The Labute approximate surface area is 136 Å². The number of amides is 2. The van der Waals surface area contributed by atoms with Gasteiger partial charge in [0.2, 0.25) is 5.92 Å². The Kier molecular flexibility index (Phi) is 4.46. The van der Waals surface area contributed by atoms with Gasteiger partial charge in [0.1, 0.15) is 5.82 Å². The fourth-order valence-corrected chi connectivity index (χ4v) is 2.58. The maximum atomic E-state index is 13.7. The smallest absolute Gasteiger partial charge is 0.323 e. The number of anilines is 1. The maximum Gasteiger partial charge on any atom is 0.323 e. The summed E-state index contributed by atoms with van der Waals surface area (Å²) in [5.74, 6) is -2.93. The number of nitrogens with zero attached hydrogens (tertiary/aromatic N) is 2. The highest BCUT2D eigenvalue weighted by molar-refractivity contribution is 5.88. The van der Waals surface area contributed by atoms with Gasteiger partial charge in [0.15, 0.2) is 11.6 Å². The zero-order valence-electron chi connectivity index (χ0n) is 12.8. The summed E-state index contributed by atoms with van der Waals surface area (Å²) in [5, 5.41) is 6.16. The molecule has 1 aliphatic heterocycles. The van der Waals surface area contributed by atoms with E-state index in [1.165, 1.54) is 23.1 Å². The highest BCUT2D eigenvalue weighted by atomic mass is 19.3. The van der Waals surface area contributed by atoms with Gasteiger partial charge in [0.25, 0.3) is 0 Å². The lowest BCUT2D eigenvalue weighted by Crippen LogP contribution is -2.36. The lowest BCUT2D eigenvalue weighted by atomic mass is 10.1. The van der Waals surface area contributed by atoms with Gasteiger partial charge in [-0.1, -0.05) is 17.3 Å². The van der Waals surface area contributed by atoms with E-state index in [-0.39, 0.29) is 49.5 Å². The van der Waals surface area contributed by atoms with E-state index >= 15 is 0 Å². The molecule has 1 N–H and O–H groups in total. The first-order valence-electron chi connectivity index (χ1n) is 7.60. The van der Waals surface area contributed by atoms with Gasteiger partial charge >= 0.3 is 6.03 Å². The first-order chi connectivity index (χ1) is 11.4. The van der Waals surface area contributed by atoms with Crippen molar-refractivity contribution in [3.05, 3.63) is 36.1 Å². The van der Waals surface area contributed by atoms with Crippen molar-refractivity contribution in [2.24, 2.45) is 0 Å². The monoisotopic (exact) mass is 339 g/mol. The van der Waals surface area contributed by atoms with Crippen LogP contribution in [0.15, 0.2) is 34.9 Å². The molecule has 0 unspecified atom stereocenters. The Bertz CT molecular complexity index is 733. The Morgan fingerprint density at radius 3 is 2.83 bits per heavy atom. The number of benzene rings is 1. The van der Waals surface area contributed by atoms with Crippen LogP contribution in [0.4, 0.5) is 23.8 Å². The van der Waals surface area contributed by atoms with Crippen LogP contribution < -0.4 is 5.32 Å². The number of likely N-dealkylation sites (tertiary alicyclic amines) is 1. The highest BCUT2D eigenvalue weighted by Crippen LogP contribution is 2.28. The van der Waals surface area contributed by atoms with Crippen molar-refractivity contribution in [3.63, 3.8) is 0 Å². The van der Waals surface area contributed by atoms with Crippen LogP contribution in [-0.4, -0.2) is 35.1 Å². The van der Waals surface area contributed by atoms with Crippen molar-refractivity contribution in [3.8, 4) is 11.3 Å². The molecule has 8 heteroatoms. The molecule has 0 aliphatic carbocycles. The SMILES string of the molecule is O=C(Nc1cc(-c2ccccc2F)on1)N1CCCC(F)(F)CC1. The van der Waals surface area contributed by atoms with Crippen LogP contribution in [0.5, 0.6) is 0 Å². The Morgan fingerprint density at radius 2 is 2.04 bits per heavy atom. The largest absolute Gasteiger partial charge is 0.354 e. The van der Waals surface area contributed by atoms with Crippen LogP contribution in [0.2, 0.25) is 0 Å². The van der Waals surface area contributed by atoms with Crippen molar-refractivity contribution in [1.82, 2.24) is 10.1 Å². The molecule has 3 rings (SSSR count). The third-order valence-corrected chi connectivity index (χ3v) is 3.89. The number of carbonyl (C=O) groups excluding carboxylic acids is 1. The minimum absolute atomic E-state index is 0.0309. The Morgan fingerprint density at radius 1 is 1.25 bits per heavy atom. The molecule has 2 aromatic rings. The van der Waals surface area contributed by atoms with E-state index in [0.29, 0.717) is 0 Å². The van der Waals surface area contributed by atoms with Gasteiger partial charge in [-0.3, -0.25) is 5.32 Å².